The first-order valence-electron chi connectivity index (χ1n) is 6.68. The van der Waals surface area contributed by atoms with E-state index in [0.717, 1.165) is 0 Å². The van der Waals surface area contributed by atoms with E-state index in [0.29, 0.717) is 30.8 Å². The van der Waals surface area contributed by atoms with Crippen molar-refractivity contribution in [3.63, 3.8) is 0 Å². The number of anilines is 1. The van der Waals surface area contributed by atoms with Crippen LogP contribution in [0.2, 0.25) is 0 Å². The maximum Gasteiger partial charge on any atom is 0.311 e. The van der Waals surface area contributed by atoms with E-state index in [2.05, 4.69) is 0 Å². The maximum atomic E-state index is 11.4. The van der Waals surface area contributed by atoms with Gasteiger partial charge in [-0.25, -0.2) is 0 Å². The fourth-order valence-corrected chi connectivity index (χ4v) is 2.66. The third-order valence-electron chi connectivity index (χ3n) is 3.93. The van der Waals surface area contributed by atoms with Gasteiger partial charge in [-0.3, -0.25) is 14.9 Å². The minimum atomic E-state index is -0.883. The molecule has 0 aliphatic carbocycles. The molecule has 0 amide bonds. The van der Waals surface area contributed by atoms with Gasteiger partial charge in [-0.2, -0.15) is 0 Å². The van der Waals surface area contributed by atoms with Crippen molar-refractivity contribution < 1.29 is 19.6 Å². The lowest BCUT2D eigenvalue weighted by Crippen LogP contribution is -2.46. The minimum Gasteiger partial charge on any atom is -0.496 e. The number of benzene rings is 1. The highest BCUT2D eigenvalue weighted by molar-refractivity contribution is 5.76. The molecule has 1 heterocycles. The first-order chi connectivity index (χ1) is 9.87. The van der Waals surface area contributed by atoms with Crippen LogP contribution in [-0.4, -0.2) is 36.2 Å². The number of carbonyl (C=O) groups is 1. The number of nitro groups is 1. The predicted molar refractivity (Wildman–Crippen MR) is 76.8 cm³/mol. The average Bonchev–Trinajstić information content (AvgIpc) is 2.46. The highest BCUT2D eigenvalue weighted by Crippen LogP contribution is 2.38. The summed E-state index contributed by atoms with van der Waals surface area (Å²) in [5.41, 5.74) is -0.511. The van der Waals surface area contributed by atoms with Crippen LogP contribution in [0.1, 0.15) is 19.8 Å². The van der Waals surface area contributed by atoms with Crippen LogP contribution in [0, 0.1) is 15.5 Å². The Labute approximate surface area is 122 Å². The fourth-order valence-electron chi connectivity index (χ4n) is 2.66. The molecule has 1 N–H and O–H groups in total. The second-order valence-corrected chi connectivity index (χ2v) is 5.50. The lowest BCUT2D eigenvalue weighted by atomic mass is 9.82. The van der Waals surface area contributed by atoms with Gasteiger partial charge in [-0.15, -0.1) is 0 Å². The number of hydrogen-bond donors (Lipinski definition) is 1. The van der Waals surface area contributed by atoms with Crippen LogP contribution >= 0.6 is 0 Å². The Morgan fingerprint density at radius 2 is 2.24 bits per heavy atom. The zero-order chi connectivity index (χ0) is 15.6. The lowest BCUT2D eigenvalue weighted by molar-refractivity contribution is -0.384. The van der Waals surface area contributed by atoms with E-state index in [-0.39, 0.29) is 12.2 Å². The Kier molecular flexibility index (Phi) is 4.02. The SMILES string of the molecule is COc1ccc(N2CCCC(C)(C(=O)O)C2)c([N+](=O)[O-])c1. The number of rotatable bonds is 4. The van der Waals surface area contributed by atoms with Crippen molar-refractivity contribution in [1.82, 2.24) is 0 Å². The summed E-state index contributed by atoms with van der Waals surface area (Å²) in [6.07, 6.45) is 1.26. The molecule has 1 unspecified atom stereocenters. The summed E-state index contributed by atoms with van der Waals surface area (Å²) in [4.78, 5) is 23.9. The molecule has 7 nitrogen and oxygen atoms in total. The topological polar surface area (TPSA) is 92.9 Å². The number of aliphatic carboxylic acids is 1. The molecule has 0 radical (unpaired) electrons. The number of methoxy groups -OCH3 is 1. The molecule has 1 aromatic rings. The molecule has 21 heavy (non-hydrogen) atoms. The fraction of sp³-hybridized carbons (Fsp3) is 0.500. The minimum absolute atomic E-state index is 0.0658. The highest BCUT2D eigenvalue weighted by Gasteiger charge is 2.39. The Morgan fingerprint density at radius 3 is 2.81 bits per heavy atom. The smallest absolute Gasteiger partial charge is 0.311 e. The molecule has 0 saturated carbocycles. The molecule has 1 aliphatic rings. The van der Waals surface area contributed by atoms with Crippen LogP contribution in [0.5, 0.6) is 5.75 Å². The van der Waals surface area contributed by atoms with Crippen LogP contribution in [-0.2, 0) is 4.79 Å². The Bertz CT molecular complexity index is 574. The van der Waals surface area contributed by atoms with E-state index in [1.165, 1.54) is 13.2 Å². The van der Waals surface area contributed by atoms with Gasteiger partial charge in [0.05, 0.1) is 23.5 Å². The first kappa shape index (κ1) is 15.1. The molecule has 1 aromatic carbocycles. The number of carboxylic acid groups (broad SMARTS) is 1. The van der Waals surface area contributed by atoms with Gasteiger partial charge in [0.2, 0.25) is 0 Å². The molecule has 0 bridgehead atoms. The quantitative estimate of drug-likeness (QED) is 0.676. The second kappa shape index (κ2) is 5.59. The molecule has 114 valence electrons. The van der Waals surface area contributed by atoms with Gasteiger partial charge in [0.15, 0.2) is 0 Å². The van der Waals surface area contributed by atoms with Gasteiger partial charge < -0.3 is 14.7 Å². The van der Waals surface area contributed by atoms with Gasteiger partial charge in [-0.1, -0.05) is 0 Å². The van der Waals surface area contributed by atoms with Crippen molar-refractivity contribution in [3.05, 3.63) is 28.3 Å². The number of carboxylic acids is 1. The van der Waals surface area contributed by atoms with Crippen LogP contribution in [0.4, 0.5) is 11.4 Å². The van der Waals surface area contributed by atoms with E-state index in [4.69, 9.17) is 4.74 Å². The normalized spacial score (nSPS) is 21.9. The van der Waals surface area contributed by atoms with Crippen LogP contribution < -0.4 is 9.64 Å². The summed E-state index contributed by atoms with van der Waals surface area (Å²) in [6.45, 7) is 2.54. The van der Waals surface area contributed by atoms with E-state index in [9.17, 15) is 20.0 Å². The Morgan fingerprint density at radius 1 is 1.52 bits per heavy atom. The second-order valence-electron chi connectivity index (χ2n) is 5.50. The summed E-state index contributed by atoms with van der Waals surface area (Å²) >= 11 is 0. The summed E-state index contributed by atoms with van der Waals surface area (Å²) in [5.74, 6) is -0.466. The molecule has 1 saturated heterocycles. The average molecular weight is 294 g/mol. The first-order valence-corrected chi connectivity index (χ1v) is 6.68. The van der Waals surface area contributed by atoms with Crippen molar-refractivity contribution in [1.29, 1.82) is 0 Å². The third-order valence-corrected chi connectivity index (χ3v) is 3.93. The molecule has 0 spiro atoms. The molecule has 1 atom stereocenters. The molecule has 2 rings (SSSR count). The summed E-state index contributed by atoms with van der Waals surface area (Å²) in [5, 5.41) is 20.6. The number of nitrogens with zero attached hydrogens (tertiary/aromatic N) is 2. The van der Waals surface area contributed by atoms with Crippen molar-refractivity contribution in [2.45, 2.75) is 19.8 Å². The van der Waals surface area contributed by atoms with Crippen molar-refractivity contribution in [3.8, 4) is 5.75 Å². The zero-order valence-electron chi connectivity index (χ0n) is 12.0. The zero-order valence-corrected chi connectivity index (χ0v) is 12.0. The standard InChI is InChI=1S/C14H18N2O5/c1-14(13(17)18)6-3-7-15(9-14)11-5-4-10(21-2)8-12(11)16(19)20/h4-5,8H,3,6-7,9H2,1-2H3,(H,17,18). The van der Waals surface area contributed by atoms with Crippen molar-refractivity contribution in [2.24, 2.45) is 5.41 Å². The number of piperidine rings is 1. The van der Waals surface area contributed by atoms with E-state index < -0.39 is 16.3 Å². The number of nitro benzene ring substituents is 1. The molecular weight excluding hydrogens is 276 g/mol. The highest BCUT2D eigenvalue weighted by atomic mass is 16.6. The summed E-state index contributed by atoms with van der Waals surface area (Å²) in [7, 11) is 1.45. The van der Waals surface area contributed by atoms with Crippen LogP contribution in [0.3, 0.4) is 0 Å². The van der Waals surface area contributed by atoms with E-state index in [1.54, 1.807) is 24.0 Å². The van der Waals surface area contributed by atoms with Crippen LogP contribution in [0.25, 0.3) is 0 Å². The predicted octanol–water partition coefficient (Wildman–Crippen LogP) is 2.29. The number of ether oxygens (including phenoxy) is 1. The molecule has 1 fully saturated rings. The number of hydrogen-bond acceptors (Lipinski definition) is 5. The van der Waals surface area contributed by atoms with E-state index >= 15 is 0 Å². The molecule has 1 aliphatic heterocycles. The Hall–Kier alpha value is -2.31. The van der Waals surface area contributed by atoms with Gasteiger partial charge >= 0.3 is 5.97 Å². The monoisotopic (exact) mass is 294 g/mol. The molecule has 0 aromatic heterocycles. The third kappa shape index (κ3) is 2.91. The largest absolute Gasteiger partial charge is 0.496 e. The van der Waals surface area contributed by atoms with Gasteiger partial charge in [0, 0.05) is 13.1 Å². The Balaban J connectivity index is 2.37. The molecular formula is C14H18N2O5. The van der Waals surface area contributed by atoms with Gasteiger partial charge in [0.25, 0.3) is 5.69 Å². The van der Waals surface area contributed by atoms with Crippen molar-refractivity contribution >= 4 is 17.3 Å². The summed E-state index contributed by atoms with van der Waals surface area (Å²) in [6, 6.07) is 4.63. The van der Waals surface area contributed by atoms with E-state index in [1.807, 2.05) is 0 Å². The molecule has 7 heteroatoms. The summed E-state index contributed by atoms with van der Waals surface area (Å²) < 4.78 is 5.01. The maximum absolute atomic E-state index is 11.4. The van der Waals surface area contributed by atoms with Crippen LogP contribution in [0.15, 0.2) is 18.2 Å². The van der Waals surface area contributed by atoms with Gasteiger partial charge in [0.1, 0.15) is 11.4 Å². The lowest BCUT2D eigenvalue weighted by Gasteiger charge is -2.38. The van der Waals surface area contributed by atoms with Gasteiger partial charge in [-0.05, 0) is 31.9 Å². The van der Waals surface area contributed by atoms with Crippen molar-refractivity contribution in [2.75, 3.05) is 25.1 Å².